The van der Waals surface area contributed by atoms with E-state index in [1.165, 1.54) is 26.6 Å². The smallest absolute Gasteiger partial charge is 0.363 e. The van der Waals surface area contributed by atoms with Crippen molar-refractivity contribution in [3.05, 3.63) is 38.4 Å². The minimum Gasteiger partial charge on any atom is -0.494 e. The lowest BCUT2D eigenvalue weighted by molar-refractivity contribution is 0.394. The molecule has 8 nitrogen and oxygen atoms in total. The Morgan fingerprint density at radius 2 is 2.05 bits per heavy atom. The quantitative estimate of drug-likeness (QED) is 0.635. The number of rotatable bonds is 5. The van der Waals surface area contributed by atoms with E-state index in [0.29, 0.717) is 22.1 Å². The van der Waals surface area contributed by atoms with Gasteiger partial charge in [0.25, 0.3) is 0 Å². The number of halogens is 2. The van der Waals surface area contributed by atoms with Crippen molar-refractivity contribution in [2.45, 2.75) is 0 Å². The predicted octanol–water partition coefficient (Wildman–Crippen LogP) is 1.93. The zero-order chi connectivity index (χ0) is 16.1. The van der Waals surface area contributed by atoms with Crippen LogP contribution in [0.15, 0.2) is 22.2 Å². The van der Waals surface area contributed by atoms with E-state index in [2.05, 4.69) is 25.7 Å². The second-order valence-corrected chi connectivity index (χ2v) is 4.66. The summed E-state index contributed by atoms with van der Waals surface area (Å²) in [5, 5.41) is 10.2. The molecule has 0 fully saturated rings. The summed E-state index contributed by atoms with van der Waals surface area (Å²) in [5.74, 6) is 0.848. The predicted molar refractivity (Wildman–Crippen MR) is 83.4 cm³/mol. The van der Waals surface area contributed by atoms with Gasteiger partial charge in [0, 0.05) is 5.56 Å². The molecule has 0 saturated carbocycles. The number of nitrogens with one attached hydrogen (secondary N) is 2. The highest BCUT2D eigenvalue weighted by Gasteiger charge is 2.16. The molecule has 116 valence electrons. The minimum absolute atomic E-state index is 0.185. The summed E-state index contributed by atoms with van der Waals surface area (Å²) < 4.78 is 10.3. The van der Waals surface area contributed by atoms with E-state index in [4.69, 9.17) is 32.7 Å². The maximum Gasteiger partial charge on any atom is 0.363 e. The number of benzene rings is 1. The topological polar surface area (TPSA) is 101 Å². The molecule has 1 aromatic carbocycles. The Labute approximate surface area is 135 Å². The lowest BCUT2D eigenvalue weighted by Gasteiger charge is -2.12. The maximum atomic E-state index is 11.0. The van der Waals surface area contributed by atoms with E-state index >= 15 is 0 Å². The van der Waals surface area contributed by atoms with Crippen LogP contribution in [-0.2, 0) is 0 Å². The lowest BCUT2D eigenvalue weighted by atomic mass is 10.2. The van der Waals surface area contributed by atoms with Gasteiger partial charge >= 0.3 is 5.69 Å². The first-order valence-electron chi connectivity index (χ1n) is 5.87. The first kappa shape index (κ1) is 16.1. The molecule has 2 rings (SSSR count). The highest BCUT2D eigenvalue weighted by molar-refractivity contribution is 6.38. The van der Waals surface area contributed by atoms with Gasteiger partial charge in [0.2, 0.25) is 0 Å². The van der Waals surface area contributed by atoms with Crippen molar-refractivity contribution in [3.8, 4) is 11.5 Å². The van der Waals surface area contributed by atoms with E-state index in [0.717, 1.165) is 0 Å². The van der Waals surface area contributed by atoms with Crippen LogP contribution in [-0.4, -0.2) is 35.6 Å². The average Bonchev–Trinajstić information content (AvgIpc) is 2.48. The summed E-state index contributed by atoms with van der Waals surface area (Å²) in [6.45, 7) is 0. The summed E-state index contributed by atoms with van der Waals surface area (Å²) in [6.07, 6.45) is 2.73. The van der Waals surface area contributed by atoms with E-state index in [9.17, 15) is 4.79 Å². The van der Waals surface area contributed by atoms with Crippen LogP contribution in [0, 0.1) is 0 Å². The molecule has 2 aromatic rings. The average molecular weight is 344 g/mol. The van der Waals surface area contributed by atoms with E-state index in [1.807, 2.05) is 0 Å². The van der Waals surface area contributed by atoms with Crippen LogP contribution in [0.3, 0.4) is 0 Å². The molecule has 0 amide bonds. The first-order valence-corrected chi connectivity index (χ1v) is 6.63. The molecular weight excluding hydrogens is 333 g/mol. The summed E-state index contributed by atoms with van der Waals surface area (Å²) >= 11 is 12.2. The van der Waals surface area contributed by atoms with Gasteiger partial charge in [-0.3, -0.25) is 5.43 Å². The molecule has 0 aliphatic carbocycles. The third-order valence-electron chi connectivity index (χ3n) is 2.52. The van der Waals surface area contributed by atoms with Gasteiger partial charge in [-0.1, -0.05) is 23.2 Å². The Hall–Kier alpha value is -2.32. The van der Waals surface area contributed by atoms with Crippen LogP contribution in [0.4, 0.5) is 5.82 Å². The van der Waals surface area contributed by atoms with Crippen molar-refractivity contribution in [3.63, 3.8) is 0 Å². The molecule has 0 saturated heterocycles. The number of nitrogens with zero attached hydrogens (tertiary/aromatic N) is 3. The van der Waals surface area contributed by atoms with Crippen LogP contribution in [0.25, 0.3) is 0 Å². The van der Waals surface area contributed by atoms with E-state index < -0.39 is 5.69 Å². The molecule has 10 heteroatoms. The fraction of sp³-hybridized carbons (Fsp3) is 0.167. The van der Waals surface area contributed by atoms with Crippen LogP contribution in [0.5, 0.6) is 11.5 Å². The third-order valence-corrected chi connectivity index (χ3v) is 3.14. The molecule has 22 heavy (non-hydrogen) atoms. The van der Waals surface area contributed by atoms with Crippen LogP contribution >= 0.6 is 23.2 Å². The van der Waals surface area contributed by atoms with Crippen molar-refractivity contribution < 1.29 is 9.47 Å². The van der Waals surface area contributed by atoms with Gasteiger partial charge < -0.3 is 9.47 Å². The highest BCUT2D eigenvalue weighted by Crippen LogP contribution is 2.41. The Kier molecular flexibility index (Phi) is 5.18. The lowest BCUT2D eigenvalue weighted by Crippen LogP contribution is -2.13. The van der Waals surface area contributed by atoms with Crippen LogP contribution in [0.2, 0.25) is 10.0 Å². The molecule has 0 radical (unpaired) electrons. The number of aromatic nitrogens is 3. The number of methoxy groups -OCH3 is 2. The SMILES string of the molecule is COc1c(Cl)cc(/C=N/Nc2cn[nH]c(=O)n2)c(OC)c1Cl. The molecule has 0 spiro atoms. The largest absolute Gasteiger partial charge is 0.494 e. The zero-order valence-corrected chi connectivity index (χ0v) is 13.1. The van der Waals surface area contributed by atoms with Gasteiger partial charge in [-0.05, 0) is 6.07 Å². The first-order chi connectivity index (χ1) is 10.6. The molecule has 0 bridgehead atoms. The molecular formula is C12H11Cl2N5O3. The van der Waals surface area contributed by atoms with Gasteiger partial charge in [0.15, 0.2) is 11.6 Å². The van der Waals surface area contributed by atoms with Gasteiger partial charge in [0.1, 0.15) is 10.8 Å². The Morgan fingerprint density at radius 1 is 1.32 bits per heavy atom. The fourth-order valence-electron chi connectivity index (χ4n) is 1.63. The van der Waals surface area contributed by atoms with Gasteiger partial charge in [0.05, 0.1) is 31.7 Å². The normalized spacial score (nSPS) is 10.7. The maximum absolute atomic E-state index is 11.0. The summed E-state index contributed by atoms with van der Waals surface area (Å²) in [5.41, 5.74) is 2.48. The number of hydrogen-bond acceptors (Lipinski definition) is 7. The summed E-state index contributed by atoms with van der Waals surface area (Å²) in [4.78, 5) is 14.6. The second kappa shape index (κ2) is 7.10. The van der Waals surface area contributed by atoms with Crippen molar-refractivity contribution in [2.24, 2.45) is 5.10 Å². The molecule has 1 aromatic heterocycles. The molecule has 1 heterocycles. The monoisotopic (exact) mass is 343 g/mol. The molecule has 0 unspecified atom stereocenters. The molecule has 0 aliphatic rings. The van der Waals surface area contributed by atoms with E-state index in [-0.39, 0.29) is 10.8 Å². The fourth-order valence-corrected chi connectivity index (χ4v) is 2.33. The number of aromatic amines is 1. The Morgan fingerprint density at radius 3 is 2.68 bits per heavy atom. The standard InChI is InChI=1S/C12H11Cl2N5O3/c1-21-10-6(3-7(13)11(22-2)9(10)14)4-15-18-8-5-16-19-12(20)17-8/h3-5H,1-2H3,(H2,17,18,19,20)/b15-4+. The third kappa shape index (κ3) is 3.46. The summed E-state index contributed by atoms with van der Waals surface area (Å²) in [6, 6.07) is 1.58. The number of hydrogen-bond donors (Lipinski definition) is 2. The molecule has 0 atom stereocenters. The Bertz CT molecular complexity index is 763. The van der Waals surface area contributed by atoms with Crippen molar-refractivity contribution in [2.75, 3.05) is 19.6 Å². The second-order valence-electron chi connectivity index (χ2n) is 3.87. The highest BCUT2D eigenvalue weighted by atomic mass is 35.5. The van der Waals surface area contributed by atoms with Crippen LogP contribution < -0.4 is 20.6 Å². The van der Waals surface area contributed by atoms with Crippen LogP contribution in [0.1, 0.15) is 5.56 Å². The van der Waals surface area contributed by atoms with Crippen molar-refractivity contribution in [1.82, 2.24) is 15.2 Å². The molecule has 0 aliphatic heterocycles. The van der Waals surface area contributed by atoms with Gasteiger partial charge in [-0.25, -0.2) is 9.89 Å². The Balaban J connectivity index is 2.29. The zero-order valence-electron chi connectivity index (χ0n) is 11.6. The summed E-state index contributed by atoms with van der Waals surface area (Å²) in [7, 11) is 2.91. The van der Waals surface area contributed by atoms with Gasteiger partial charge in [-0.2, -0.15) is 15.2 Å². The number of anilines is 1. The number of H-pyrrole nitrogens is 1. The molecule has 2 N–H and O–H groups in total. The van der Waals surface area contributed by atoms with Crippen molar-refractivity contribution in [1.29, 1.82) is 0 Å². The number of ether oxygens (including phenoxy) is 2. The van der Waals surface area contributed by atoms with Gasteiger partial charge in [-0.15, -0.1) is 0 Å². The minimum atomic E-state index is -0.590. The number of hydrazone groups is 1. The van der Waals surface area contributed by atoms with E-state index in [1.54, 1.807) is 6.07 Å². The van der Waals surface area contributed by atoms with Crippen molar-refractivity contribution >= 4 is 35.2 Å².